The molecule has 0 amide bonds. The molecule has 0 unspecified atom stereocenters. The summed E-state index contributed by atoms with van der Waals surface area (Å²) in [5.41, 5.74) is 1.01. The molecule has 2 aromatic rings. The van der Waals surface area contributed by atoms with E-state index in [1.54, 1.807) is 0 Å². The van der Waals surface area contributed by atoms with Crippen LogP contribution >= 0.6 is 0 Å². The second-order valence-electron chi connectivity index (χ2n) is 4.33. The summed E-state index contributed by atoms with van der Waals surface area (Å²) in [4.78, 5) is 0. The van der Waals surface area contributed by atoms with Crippen LogP contribution in [0, 0.1) is 24.1 Å². The number of halogens is 4. The summed E-state index contributed by atoms with van der Waals surface area (Å²) >= 11 is 0. The van der Waals surface area contributed by atoms with Gasteiger partial charge in [0.05, 0.1) is 11.6 Å². The van der Waals surface area contributed by atoms with Gasteiger partial charge in [0.25, 0.3) is 0 Å². The quantitative estimate of drug-likeness (QED) is 0.760. The number of rotatable bonds is 2. The highest BCUT2D eigenvalue weighted by atomic mass is 19.4. The predicted octanol–water partition coefficient (Wildman–Crippen LogP) is 4.57. The molecule has 21 heavy (non-hydrogen) atoms. The van der Waals surface area contributed by atoms with Gasteiger partial charge in [-0.2, -0.15) is 5.26 Å². The topological polar surface area (TPSA) is 33.0 Å². The standard InChI is InChI=1S/C15H9F4NO/c1-9-6-11(3-5-14(9)21-15(17,18)19)12-4-2-10(8-20)7-13(12)16/h2-7H,1H3. The van der Waals surface area contributed by atoms with E-state index in [1.165, 1.54) is 31.2 Å². The Balaban J connectivity index is 2.39. The lowest BCUT2D eigenvalue weighted by atomic mass is 10.0. The van der Waals surface area contributed by atoms with E-state index in [1.807, 2.05) is 6.07 Å². The van der Waals surface area contributed by atoms with Gasteiger partial charge >= 0.3 is 6.36 Å². The molecule has 0 spiro atoms. The van der Waals surface area contributed by atoms with E-state index < -0.39 is 12.2 Å². The minimum atomic E-state index is -4.77. The number of ether oxygens (including phenoxy) is 1. The van der Waals surface area contributed by atoms with Crippen LogP contribution in [0.25, 0.3) is 11.1 Å². The van der Waals surface area contributed by atoms with Crippen LogP contribution in [-0.4, -0.2) is 6.36 Å². The summed E-state index contributed by atoms with van der Waals surface area (Å²) in [5.74, 6) is -0.946. The summed E-state index contributed by atoms with van der Waals surface area (Å²) in [6, 6.07) is 9.59. The Hall–Kier alpha value is -2.55. The second-order valence-corrected chi connectivity index (χ2v) is 4.33. The first kappa shape index (κ1) is 14.9. The molecule has 2 aromatic carbocycles. The predicted molar refractivity (Wildman–Crippen MR) is 68.0 cm³/mol. The number of aryl methyl sites for hydroxylation is 1. The van der Waals surface area contributed by atoms with E-state index >= 15 is 0 Å². The van der Waals surface area contributed by atoms with Crippen LogP contribution in [0.2, 0.25) is 0 Å². The number of hydrogen-bond acceptors (Lipinski definition) is 2. The lowest BCUT2D eigenvalue weighted by Crippen LogP contribution is -2.17. The van der Waals surface area contributed by atoms with Crippen molar-refractivity contribution in [3.8, 4) is 22.9 Å². The van der Waals surface area contributed by atoms with Gasteiger partial charge < -0.3 is 4.74 Å². The molecule has 0 radical (unpaired) electrons. The van der Waals surface area contributed by atoms with Crippen molar-refractivity contribution in [1.82, 2.24) is 0 Å². The molecule has 0 aliphatic heterocycles. The molecule has 0 heterocycles. The van der Waals surface area contributed by atoms with Crippen molar-refractivity contribution in [3.63, 3.8) is 0 Å². The average Bonchev–Trinajstić information content (AvgIpc) is 2.39. The van der Waals surface area contributed by atoms with Gasteiger partial charge in [0.2, 0.25) is 0 Å². The van der Waals surface area contributed by atoms with Gasteiger partial charge in [0, 0.05) is 5.56 Å². The number of alkyl halides is 3. The molecule has 0 fully saturated rings. The Morgan fingerprint density at radius 1 is 1.10 bits per heavy atom. The van der Waals surface area contributed by atoms with Gasteiger partial charge in [-0.05, 0) is 42.3 Å². The van der Waals surface area contributed by atoms with Crippen molar-refractivity contribution in [2.24, 2.45) is 0 Å². The van der Waals surface area contributed by atoms with E-state index in [2.05, 4.69) is 4.74 Å². The fraction of sp³-hybridized carbons (Fsp3) is 0.133. The third kappa shape index (κ3) is 3.51. The fourth-order valence-electron chi connectivity index (χ4n) is 1.87. The molecule has 2 nitrogen and oxygen atoms in total. The Morgan fingerprint density at radius 3 is 2.33 bits per heavy atom. The van der Waals surface area contributed by atoms with Gasteiger partial charge in [-0.15, -0.1) is 13.2 Å². The van der Waals surface area contributed by atoms with Crippen molar-refractivity contribution < 1.29 is 22.3 Å². The highest BCUT2D eigenvalue weighted by molar-refractivity contribution is 5.67. The number of nitriles is 1. The maximum absolute atomic E-state index is 13.9. The highest BCUT2D eigenvalue weighted by Gasteiger charge is 2.31. The molecular formula is C15H9F4NO. The highest BCUT2D eigenvalue weighted by Crippen LogP contribution is 2.31. The first-order chi connectivity index (χ1) is 9.80. The van der Waals surface area contributed by atoms with E-state index in [9.17, 15) is 17.6 Å². The van der Waals surface area contributed by atoms with Crippen molar-refractivity contribution in [1.29, 1.82) is 5.26 Å². The van der Waals surface area contributed by atoms with Gasteiger partial charge in [-0.1, -0.05) is 12.1 Å². The Bertz CT molecular complexity index is 717. The molecule has 6 heteroatoms. The monoisotopic (exact) mass is 295 g/mol. The summed E-state index contributed by atoms with van der Waals surface area (Å²) in [5, 5.41) is 8.67. The van der Waals surface area contributed by atoms with Gasteiger partial charge in [0.15, 0.2) is 0 Å². The normalized spacial score (nSPS) is 11.0. The summed E-state index contributed by atoms with van der Waals surface area (Å²) in [6.07, 6.45) is -4.77. The maximum atomic E-state index is 13.9. The third-order valence-electron chi connectivity index (χ3n) is 2.81. The molecule has 0 aliphatic carbocycles. The molecule has 0 aliphatic rings. The molecular weight excluding hydrogens is 286 g/mol. The van der Waals surface area contributed by atoms with Crippen LogP contribution in [0.4, 0.5) is 17.6 Å². The first-order valence-corrected chi connectivity index (χ1v) is 5.86. The van der Waals surface area contributed by atoms with Crippen LogP contribution in [0.15, 0.2) is 36.4 Å². The van der Waals surface area contributed by atoms with Crippen LogP contribution in [0.3, 0.4) is 0 Å². The molecule has 0 atom stereocenters. The molecule has 0 aromatic heterocycles. The smallest absolute Gasteiger partial charge is 0.406 e. The maximum Gasteiger partial charge on any atom is 0.573 e. The fourth-order valence-corrected chi connectivity index (χ4v) is 1.87. The van der Waals surface area contributed by atoms with Crippen LogP contribution in [0.1, 0.15) is 11.1 Å². The zero-order valence-electron chi connectivity index (χ0n) is 10.8. The largest absolute Gasteiger partial charge is 0.573 e. The average molecular weight is 295 g/mol. The minimum absolute atomic E-state index is 0.171. The zero-order valence-corrected chi connectivity index (χ0v) is 10.8. The van der Waals surface area contributed by atoms with Crippen LogP contribution in [0.5, 0.6) is 5.75 Å². The van der Waals surface area contributed by atoms with Crippen LogP contribution in [-0.2, 0) is 0 Å². The van der Waals surface area contributed by atoms with Gasteiger partial charge in [0.1, 0.15) is 11.6 Å². The molecule has 0 bridgehead atoms. The lowest BCUT2D eigenvalue weighted by Gasteiger charge is -2.12. The molecule has 2 rings (SSSR count). The van der Waals surface area contributed by atoms with Crippen molar-refractivity contribution >= 4 is 0 Å². The van der Waals surface area contributed by atoms with E-state index in [0.29, 0.717) is 5.56 Å². The van der Waals surface area contributed by atoms with E-state index in [-0.39, 0.29) is 22.4 Å². The van der Waals surface area contributed by atoms with Gasteiger partial charge in [-0.25, -0.2) is 4.39 Å². The Morgan fingerprint density at radius 2 is 1.81 bits per heavy atom. The zero-order chi connectivity index (χ0) is 15.6. The second kappa shape index (κ2) is 5.44. The van der Waals surface area contributed by atoms with Crippen molar-refractivity contribution in [2.75, 3.05) is 0 Å². The SMILES string of the molecule is Cc1cc(-c2ccc(C#N)cc2F)ccc1OC(F)(F)F. The Labute approximate surface area is 118 Å². The molecule has 0 N–H and O–H groups in total. The Kier molecular flexibility index (Phi) is 3.85. The summed E-state index contributed by atoms with van der Waals surface area (Å²) in [6.45, 7) is 1.44. The molecule has 0 saturated heterocycles. The summed E-state index contributed by atoms with van der Waals surface area (Å²) in [7, 11) is 0. The first-order valence-electron chi connectivity index (χ1n) is 5.86. The number of nitrogens with zero attached hydrogens (tertiary/aromatic N) is 1. The minimum Gasteiger partial charge on any atom is -0.406 e. The molecule has 0 saturated carbocycles. The third-order valence-corrected chi connectivity index (χ3v) is 2.81. The number of hydrogen-bond donors (Lipinski definition) is 0. The number of benzene rings is 2. The lowest BCUT2D eigenvalue weighted by molar-refractivity contribution is -0.274. The molecule has 108 valence electrons. The van der Waals surface area contributed by atoms with Crippen LogP contribution < -0.4 is 4.74 Å². The summed E-state index contributed by atoms with van der Waals surface area (Å²) < 4.78 is 54.3. The van der Waals surface area contributed by atoms with Gasteiger partial charge in [-0.3, -0.25) is 0 Å². The van der Waals surface area contributed by atoms with Crippen molar-refractivity contribution in [3.05, 3.63) is 53.3 Å². The van der Waals surface area contributed by atoms with E-state index in [0.717, 1.165) is 12.1 Å². The van der Waals surface area contributed by atoms with Crippen molar-refractivity contribution in [2.45, 2.75) is 13.3 Å². The van der Waals surface area contributed by atoms with E-state index in [4.69, 9.17) is 5.26 Å².